The molecular weight excluding hydrogens is 296 g/mol. The number of hydrogen-bond acceptors (Lipinski definition) is 5. The van der Waals surface area contributed by atoms with Gasteiger partial charge in [0.2, 0.25) is 0 Å². The van der Waals surface area contributed by atoms with Crippen molar-refractivity contribution in [3.8, 4) is 0 Å². The van der Waals surface area contributed by atoms with Crippen LogP contribution in [-0.2, 0) is 0 Å². The Balaban J connectivity index is 2.28. The summed E-state index contributed by atoms with van der Waals surface area (Å²) in [5.41, 5.74) is -0.309. The number of halogens is 1. The second-order valence-electron chi connectivity index (χ2n) is 5.08. The number of nitro groups is 1. The summed E-state index contributed by atoms with van der Waals surface area (Å²) in [4.78, 5) is 30.5. The van der Waals surface area contributed by atoms with Gasteiger partial charge in [0.25, 0.3) is 11.6 Å². The predicted octanol–water partition coefficient (Wildman–Crippen LogP) is 1.81. The van der Waals surface area contributed by atoms with Crippen molar-refractivity contribution in [2.75, 3.05) is 26.7 Å². The Morgan fingerprint density at radius 3 is 2.90 bits per heavy atom. The van der Waals surface area contributed by atoms with Crippen LogP contribution in [0.3, 0.4) is 0 Å². The number of rotatable bonds is 3. The van der Waals surface area contributed by atoms with E-state index in [0.717, 1.165) is 19.2 Å². The van der Waals surface area contributed by atoms with Crippen LogP contribution in [0.5, 0.6) is 0 Å². The van der Waals surface area contributed by atoms with Gasteiger partial charge in [-0.25, -0.2) is 4.98 Å². The van der Waals surface area contributed by atoms with Crippen LogP contribution in [0.2, 0.25) is 5.15 Å². The molecule has 0 aliphatic carbocycles. The maximum Gasteiger partial charge on any atom is 0.300 e. The molecule has 1 atom stereocenters. The first-order valence-electron chi connectivity index (χ1n) is 6.73. The molecule has 1 saturated heterocycles. The molecule has 0 N–H and O–H groups in total. The molecule has 1 aliphatic rings. The van der Waals surface area contributed by atoms with E-state index in [-0.39, 0.29) is 28.4 Å². The predicted molar refractivity (Wildman–Crippen MR) is 78.5 cm³/mol. The molecule has 2 heterocycles. The lowest BCUT2D eigenvalue weighted by molar-refractivity contribution is -0.385. The quantitative estimate of drug-likeness (QED) is 0.483. The van der Waals surface area contributed by atoms with Crippen LogP contribution in [0.4, 0.5) is 5.69 Å². The maximum absolute atomic E-state index is 12.6. The van der Waals surface area contributed by atoms with Gasteiger partial charge in [0.1, 0.15) is 16.9 Å². The van der Waals surface area contributed by atoms with Crippen molar-refractivity contribution < 1.29 is 9.72 Å². The molecule has 114 valence electrons. The molecule has 21 heavy (non-hydrogen) atoms. The third-order valence-electron chi connectivity index (χ3n) is 3.81. The van der Waals surface area contributed by atoms with Gasteiger partial charge in [0.15, 0.2) is 0 Å². The molecule has 1 amide bonds. The molecule has 1 aromatic heterocycles. The van der Waals surface area contributed by atoms with Gasteiger partial charge in [-0.2, -0.15) is 0 Å². The van der Waals surface area contributed by atoms with Crippen molar-refractivity contribution in [2.45, 2.75) is 19.4 Å². The molecule has 1 aromatic rings. The lowest BCUT2D eigenvalue weighted by Gasteiger charge is -2.39. The third-order valence-corrected chi connectivity index (χ3v) is 4.02. The Bertz CT molecular complexity index is 566. The van der Waals surface area contributed by atoms with E-state index >= 15 is 0 Å². The van der Waals surface area contributed by atoms with Crippen molar-refractivity contribution in [3.63, 3.8) is 0 Å². The van der Waals surface area contributed by atoms with E-state index in [4.69, 9.17) is 11.6 Å². The van der Waals surface area contributed by atoms with Crippen LogP contribution < -0.4 is 0 Å². The Morgan fingerprint density at radius 2 is 2.29 bits per heavy atom. The molecule has 1 aliphatic heterocycles. The topological polar surface area (TPSA) is 79.6 Å². The molecule has 8 heteroatoms. The molecule has 0 radical (unpaired) electrons. The lowest BCUT2D eigenvalue weighted by Crippen LogP contribution is -2.53. The van der Waals surface area contributed by atoms with Crippen molar-refractivity contribution in [1.29, 1.82) is 0 Å². The van der Waals surface area contributed by atoms with Crippen molar-refractivity contribution in [1.82, 2.24) is 14.8 Å². The van der Waals surface area contributed by atoms with Gasteiger partial charge in [0, 0.05) is 25.7 Å². The van der Waals surface area contributed by atoms with Crippen molar-refractivity contribution in [2.24, 2.45) is 0 Å². The second kappa shape index (κ2) is 6.36. The maximum atomic E-state index is 12.6. The van der Waals surface area contributed by atoms with Crippen LogP contribution in [0, 0.1) is 10.1 Å². The first kappa shape index (κ1) is 15.7. The van der Waals surface area contributed by atoms with Crippen molar-refractivity contribution >= 4 is 23.2 Å². The number of nitrogens with zero attached hydrogens (tertiary/aromatic N) is 4. The average Bonchev–Trinajstić information content (AvgIpc) is 2.46. The van der Waals surface area contributed by atoms with E-state index in [9.17, 15) is 14.9 Å². The fraction of sp³-hybridized carbons (Fsp3) is 0.538. The normalized spacial score (nSPS) is 19.6. The fourth-order valence-corrected chi connectivity index (χ4v) is 2.64. The smallest absolute Gasteiger partial charge is 0.300 e. The third kappa shape index (κ3) is 3.30. The minimum Gasteiger partial charge on any atom is -0.336 e. The number of hydrogen-bond donors (Lipinski definition) is 0. The Morgan fingerprint density at radius 1 is 1.57 bits per heavy atom. The zero-order chi connectivity index (χ0) is 15.6. The van der Waals surface area contributed by atoms with E-state index < -0.39 is 4.92 Å². The van der Waals surface area contributed by atoms with E-state index in [2.05, 4.69) is 16.8 Å². The number of aromatic nitrogens is 1. The van der Waals surface area contributed by atoms with Gasteiger partial charge in [-0.15, -0.1) is 0 Å². The molecule has 0 spiro atoms. The second-order valence-corrected chi connectivity index (χ2v) is 5.46. The summed E-state index contributed by atoms with van der Waals surface area (Å²) in [6, 6.07) is 1.53. The average molecular weight is 313 g/mol. The van der Waals surface area contributed by atoms with Crippen LogP contribution in [0.15, 0.2) is 12.3 Å². The molecule has 0 saturated carbocycles. The zero-order valence-corrected chi connectivity index (χ0v) is 12.7. The molecule has 0 aromatic carbocycles. The first-order chi connectivity index (χ1) is 9.93. The number of likely N-dealkylation sites (N-methyl/N-ethyl adjacent to an activating group) is 1. The number of carbonyl (C=O) groups is 1. The van der Waals surface area contributed by atoms with Gasteiger partial charge in [-0.05, 0) is 19.5 Å². The number of piperazine rings is 1. The number of pyridine rings is 1. The summed E-state index contributed by atoms with van der Waals surface area (Å²) in [6.07, 6.45) is 1.95. The largest absolute Gasteiger partial charge is 0.336 e. The van der Waals surface area contributed by atoms with Gasteiger partial charge >= 0.3 is 0 Å². The highest BCUT2D eigenvalue weighted by molar-refractivity contribution is 6.29. The first-order valence-corrected chi connectivity index (χ1v) is 7.11. The summed E-state index contributed by atoms with van der Waals surface area (Å²) in [6.45, 7) is 3.91. The molecule has 1 fully saturated rings. The van der Waals surface area contributed by atoms with E-state index in [1.54, 1.807) is 4.90 Å². The molecule has 1 unspecified atom stereocenters. The van der Waals surface area contributed by atoms with E-state index in [1.807, 2.05) is 7.05 Å². The van der Waals surface area contributed by atoms with Gasteiger partial charge in [-0.3, -0.25) is 19.8 Å². The standard InChI is InChI=1S/C13H17ClN4O3/c1-3-9-8-17(5-4-16(9)2)13(19)10-6-12(14)15-7-11(10)18(20)21/h6-7,9H,3-5,8H2,1-2H3. The summed E-state index contributed by atoms with van der Waals surface area (Å²) in [5, 5.41) is 11.1. The Hall–Kier alpha value is -1.73. The molecule has 2 rings (SSSR count). The lowest BCUT2D eigenvalue weighted by atomic mass is 10.1. The van der Waals surface area contributed by atoms with Crippen LogP contribution in [0.1, 0.15) is 23.7 Å². The summed E-state index contributed by atoms with van der Waals surface area (Å²) in [5.74, 6) is -0.363. The van der Waals surface area contributed by atoms with E-state index in [1.165, 1.54) is 6.07 Å². The number of amides is 1. The highest BCUT2D eigenvalue weighted by Gasteiger charge is 2.30. The fourth-order valence-electron chi connectivity index (χ4n) is 2.48. The van der Waals surface area contributed by atoms with E-state index in [0.29, 0.717) is 13.1 Å². The highest BCUT2D eigenvalue weighted by atomic mass is 35.5. The van der Waals surface area contributed by atoms with Crippen LogP contribution in [0.25, 0.3) is 0 Å². The molecular formula is C13H17ClN4O3. The highest BCUT2D eigenvalue weighted by Crippen LogP contribution is 2.23. The summed E-state index contributed by atoms with van der Waals surface area (Å²) in [7, 11) is 2.02. The number of carbonyl (C=O) groups excluding carboxylic acids is 1. The van der Waals surface area contributed by atoms with Gasteiger partial charge in [0.05, 0.1) is 4.92 Å². The summed E-state index contributed by atoms with van der Waals surface area (Å²) >= 11 is 5.77. The van der Waals surface area contributed by atoms with Crippen LogP contribution >= 0.6 is 11.6 Å². The monoisotopic (exact) mass is 312 g/mol. The van der Waals surface area contributed by atoms with Crippen molar-refractivity contribution in [3.05, 3.63) is 33.1 Å². The molecule has 0 bridgehead atoms. The SMILES string of the molecule is CCC1CN(C(=O)c2cc(Cl)ncc2[N+](=O)[O-])CCN1C. The molecule has 7 nitrogen and oxygen atoms in total. The van der Waals surface area contributed by atoms with Gasteiger partial charge < -0.3 is 4.90 Å². The minimum absolute atomic E-state index is 0.000550. The zero-order valence-electron chi connectivity index (χ0n) is 12.0. The Labute approximate surface area is 127 Å². The van der Waals surface area contributed by atoms with Gasteiger partial charge in [-0.1, -0.05) is 18.5 Å². The summed E-state index contributed by atoms with van der Waals surface area (Å²) < 4.78 is 0. The van der Waals surface area contributed by atoms with Crippen LogP contribution in [-0.4, -0.2) is 58.3 Å². The minimum atomic E-state index is -0.607. The Kier molecular flexibility index (Phi) is 4.74.